The summed E-state index contributed by atoms with van der Waals surface area (Å²) < 4.78 is 11.8. The van der Waals surface area contributed by atoms with Crippen molar-refractivity contribution in [3.8, 4) is 33.8 Å². The van der Waals surface area contributed by atoms with Gasteiger partial charge in [-0.25, -0.2) is 0 Å². The SMILES string of the molecule is O=C(Cl)c1cc(-c2ccc(OCc3ccccc3)cc2)cc(-c2ccc(OCc3ccccc3)cc2)c1. The molecule has 5 aromatic carbocycles. The summed E-state index contributed by atoms with van der Waals surface area (Å²) in [6, 6.07) is 41.5. The fraction of sp³-hybridized carbons (Fsp3) is 0.0606. The second-order valence-electron chi connectivity index (χ2n) is 8.67. The summed E-state index contributed by atoms with van der Waals surface area (Å²) in [4.78, 5) is 12.1. The highest BCUT2D eigenvalue weighted by Crippen LogP contribution is 2.31. The Morgan fingerprint density at radius 3 is 1.30 bits per heavy atom. The first-order valence-corrected chi connectivity index (χ1v) is 12.4. The number of ether oxygens (including phenoxy) is 2. The van der Waals surface area contributed by atoms with Crippen LogP contribution in [0.3, 0.4) is 0 Å². The Hall–Kier alpha value is -4.34. The van der Waals surface area contributed by atoms with Gasteiger partial charge in [-0.3, -0.25) is 4.79 Å². The highest BCUT2D eigenvalue weighted by atomic mass is 35.5. The van der Waals surface area contributed by atoms with Gasteiger partial charge in [0.1, 0.15) is 24.7 Å². The number of hydrogen-bond acceptors (Lipinski definition) is 3. The number of carbonyl (C=O) groups excluding carboxylic acids is 1. The molecule has 0 atom stereocenters. The maximum atomic E-state index is 12.1. The Labute approximate surface area is 221 Å². The van der Waals surface area contributed by atoms with Crippen molar-refractivity contribution in [1.82, 2.24) is 0 Å². The fourth-order valence-corrected chi connectivity index (χ4v) is 4.15. The lowest BCUT2D eigenvalue weighted by Gasteiger charge is -2.11. The van der Waals surface area contributed by atoms with Crippen molar-refractivity contribution in [2.45, 2.75) is 13.2 Å². The Morgan fingerprint density at radius 2 is 0.919 bits per heavy atom. The van der Waals surface area contributed by atoms with E-state index in [9.17, 15) is 4.79 Å². The van der Waals surface area contributed by atoms with Gasteiger partial charge in [-0.2, -0.15) is 0 Å². The minimum Gasteiger partial charge on any atom is -0.489 e. The smallest absolute Gasteiger partial charge is 0.252 e. The van der Waals surface area contributed by atoms with Crippen LogP contribution in [0.5, 0.6) is 11.5 Å². The van der Waals surface area contributed by atoms with E-state index in [0.717, 1.165) is 44.9 Å². The van der Waals surface area contributed by atoms with Crippen LogP contribution in [0.2, 0.25) is 0 Å². The highest BCUT2D eigenvalue weighted by molar-refractivity contribution is 6.67. The van der Waals surface area contributed by atoms with E-state index in [0.29, 0.717) is 18.8 Å². The van der Waals surface area contributed by atoms with Gasteiger partial charge in [0.05, 0.1) is 0 Å². The van der Waals surface area contributed by atoms with Crippen molar-refractivity contribution in [1.29, 1.82) is 0 Å². The molecule has 37 heavy (non-hydrogen) atoms. The quantitative estimate of drug-likeness (QED) is 0.189. The molecule has 0 unspecified atom stereocenters. The Morgan fingerprint density at radius 1 is 0.514 bits per heavy atom. The number of halogens is 1. The first kappa shape index (κ1) is 24.4. The molecule has 3 nitrogen and oxygen atoms in total. The van der Waals surface area contributed by atoms with Crippen LogP contribution >= 0.6 is 11.6 Å². The van der Waals surface area contributed by atoms with Gasteiger partial charge in [-0.1, -0.05) is 84.9 Å². The van der Waals surface area contributed by atoms with Crippen LogP contribution in [0.4, 0.5) is 0 Å². The molecular formula is C33H25ClO3. The number of carbonyl (C=O) groups is 1. The molecule has 5 aromatic rings. The van der Waals surface area contributed by atoms with E-state index in [1.165, 1.54) is 0 Å². The van der Waals surface area contributed by atoms with E-state index in [1.54, 1.807) is 0 Å². The van der Waals surface area contributed by atoms with Gasteiger partial charge < -0.3 is 9.47 Å². The molecule has 4 heteroatoms. The zero-order valence-electron chi connectivity index (χ0n) is 20.1. The normalized spacial score (nSPS) is 10.6. The van der Waals surface area contributed by atoms with Gasteiger partial charge in [-0.05, 0) is 87.4 Å². The van der Waals surface area contributed by atoms with Crippen molar-refractivity contribution in [3.05, 3.63) is 144 Å². The average molecular weight is 505 g/mol. The maximum Gasteiger partial charge on any atom is 0.252 e. The van der Waals surface area contributed by atoms with E-state index in [-0.39, 0.29) is 0 Å². The van der Waals surface area contributed by atoms with Crippen molar-refractivity contribution in [3.63, 3.8) is 0 Å². The van der Waals surface area contributed by atoms with Gasteiger partial charge in [0.15, 0.2) is 0 Å². The first-order valence-electron chi connectivity index (χ1n) is 12.0. The summed E-state index contributed by atoms with van der Waals surface area (Å²) in [5, 5.41) is -0.492. The van der Waals surface area contributed by atoms with Crippen LogP contribution in [0.1, 0.15) is 21.5 Å². The molecule has 0 saturated carbocycles. The average Bonchev–Trinajstić information content (AvgIpc) is 2.96. The molecule has 0 radical (unpaired) electrons. The maximum absolute atomic E-state index is 12.1. The van der Waals surface area contributed by atoms with E-state index in [4.69, 9.17) is 21.1 Å². The summed E-state index contributed by atoms with van der Waals surface area (Å²) in [5.74, 6) is 1.56. The van der Waals surface area contributed by atoms with Gasteiger partial charge >= 0.3 is 0 Å². The van der Waals surface area contributed by atoms with Crippen LogP contribution in [0.25, 0.3) is 22.3 Å². The standard InChI is InChI=1S/C33H25ClO3/c34-33(35)30-20-28(26-11-15-31(16-12-26)36-22-24-7-3-1-4-8-24)19-29(21-30)27-13-17-32(18-14-27)37-23-25-9-5-2-6-10-25/h1-21H,22-23H2. The predicted octanol–water partition coefficient (Wildman–Crippen LogP) is 8.56. The highest BCUT2D eigenvalue weighted by Gasteiger charge is 2.10. The van der Waals surface area contributed by atoms with Gasteiger partial charge in [0.2, 0.25) is 0 Å². The van der Waals surface area contributed by atoms with Crippen molar-refractivity contribution in [2.75, 3.05) is 0 Å². The molecule has 0 N–H and O–H groups in total. The van der Waals surface area contributed by atoms with E-state index < -0.39 is 5.24 Å². The minimum absolute atomic E-state index is 0.447. The summed E-state index contributed by atoms with van der Waals surface area (Å²) >= 11 is 5.89. The molecule has 0 aliphatic heterocycles. The van der Waals surface area contributed by atoms with Crippen LogP contribution in [-0.4, -0.2) is 5.24 Å². The Bertz CT molecular complexity index is 1360. The predicted molar refractivity (Wildman–Crippen MR) is 149 cm³/mol. The summed E-state index contributed by atoms with van der Waals surface area (Å²) in [7, 11) is 0. The molecule has 0 fully saturated rings. The fourth-order valence-electron chi connectivity index (χ4n) is 4.04. The second-order valence-corrected chi connectivity index (χ2v) is 9.01. The van der Waals surface area contributed by atoms with E-state index in [2.05, 4.69) is 6.07 Å². The molecule has 0 amide bonds. The summed E-state index contributed by atoms with van der Waals surface area (Å²) in [6.45, 7) is 1.01. The molecule has 5 rings (SSSR count). The Kier molecular flexibility index (Phi) is 7.63. The second kappa shape index (κ2) is 11.6. The molecule has 0 aromatic heterocycles. The number of benzene rings is 5. The van der Waals surface area contributed by atoms with Gasteiger partial charge in [0, 0.05) is 5.56 Å². The molecule has 0 heterocycles. The lowest BCUT2D eigenvalue weighted by molar-refractivity contribution is 0.108. The molecule has 0 aliphatic rings. The molecular weight excluding hydrogens is 480 g/mol. The van der Waals surface area contributed by atoms with Crippen LogP contribution in [0, 0.1) is 0 Å². The molecule has 182 valence electrons. The minimum atomic E-state index is -0.492. The van der Waals surface area contributed by atoms with Gasteiger partial charge in [0.25, 0.3) is 5.24 Å². The van der Waals surface area contributed by atoms with Crippen molar-refractivity contribution < 1.29 is 14.3 Å². The third kappa shape index (κ3) is 6.46. The molecule has 0 bridgehead atoms. The number of rotatable bonds is 9. The largest absolute Gasteiger partial charge is 0.489 e. The summed E-state index contributed by atoms with van der Waals surface area (Å²) in [6.07, 6.45) is 0. The molecule has 0 aliphatic carbocycles. The monoisotopic (exact) mass is 504 g/mol. The zero-order valence-corrected chi connectivity index (χ0v) is 20.9. The third-order valence-corrected chi connectivity index (χ3v) is 6.25. The third-order valence-electron chi connectivity index (χ3n) is 6.03. The topological polar surface area (TPSA) is 35.5 Å². The van der Waals surface area contributed by atoms with Crippen LogP contribution in [0.15, 0.2) is 127 Å². The summed E-state index contributed by atoms with van der Waals surface area (Å²) in [5.41, 5.74) is 6.41. The first-order chi connectivity index (χ1) is 18.1. The lowest BCUT2D eigenvalue weighted by atomic mass is 9.96. The zero-order chi connectivity index (χ0) is 25.5. The van der Waals surface area contributed by atoms with E-state index in [1.807, 2.05) is 121 Å². The van der Waals surface area contributed by atoms with Crippen LogP contribution < -0.4 is 9.47 Å². The molecule has 0 saturated heterocycles. The lowest BCUT2D eigenvalue weighted by Crippen LogP contribution is -1.95. The van der Waals surface area contributed by atoms with Gasteiger partial charge in [-0.15, -0.1) is 0 Å². The van der Waals surface area contributed by atoms with E-state index >= 15 is 0 Å². The Balaban J connectivity index is 1.33. The number of hydrogen-bond donors (Lipinski definition) is 0. The van der Waals surface area contributed by atoms with Crippen molar-refractivity contribution >= 4 is 16.8 Å². The van der Waals surface area contributed by atoms with Crippen LogP contribution in [-0.2, 0) is 13.2 Å². The molecule has 0 spiro atoms. The van der Waals surface area contributed by atoms with Crippen molar-refractivity contribution in [2.24, 2.45) is 0 Å².